The highest BCUT2D eigenvalue weighted by atomic mass is 14.8. The van der Waals surface area contributed by atoms with E-state index in [9.17, 15) is 0 Å². The van der Waals surface area contributed by atoms with Crippen LogP contribution < -0.4 is 5.73 Å². The molecule has 1 fully saturated rings. The molecule has 0 radical (unpaired) electrons. The van der Waals surface area contributed by atoms with Crippen molar-refractivity contribution in [2.75, 3.05) is 0 Å². The molecule has 1 aliphatic rings. The van der Waals surface area contributed by atoms with Crippen LogP contribution >= 0.6 is 0 Å². The molecule has 2 N–H and O–H groups in total. The Morgan fingerprint density at radius 1 is 1.11 bits per heavy atom. The van der Waals surface area contributed by atoms with Crippen molar-refractivity contribution in [3.63, 3.8) is 0 Å². The van der Waals surface area contributed by atoms with Crippen LogP contribution in [-0.2, 0) is 6.42 Å². The molecule has 0 spiro atoms. The van der Waals surface area contributed by atoms with Crippen molar-refractivity contribution in [2.45, 2.75) is 58.4 Å². The number of hydrogen-bond donors (Lipinski definition) is 1. The molecule has 106 valence electrons. The highest BCUT2D eigenvalue weighted by Gasteiger charge is 2.37. The lowest BCUT2D eigenvalue weighted by molar-refractivity contribution is 0.129. The third-order valence-electron chi connectivity index (χ3n) is 5.45. The highest BCUT2D eigenvalue weighted by molar-refractivity contribution is 5.18. The van der Waals surface area contributed by atoms with E-state index in [1.165, 1.54) is 24.8 Å². The molecular weight excluding hydrogens is 230 g/mol. The van der Waals surface area contributed by atoms with Gasteiger partial charge >= 0.3 is 0 Å². The number of nitrogens with two attached hydrogens (primary N) is 1. The van der Waals surface area contributed by atoms with E-state index in [0.29, 0.717) is 5.92 Å². The molecule has 0 heterocycles. The number of rotatable bonds is 4. The lowest BCUT2D eigenvalue weighted by Crippen LogP contribution is -2.50. The van der Waals surface area contributed by atoms with Gasteiger partial charge in [0.25, 0.3) is 0 Å². The van der Waals surface area contributed by atoms with Crippen molar-refractivity contribution < 1.29 is 0 Å². The van der Waals surface area contributed by atoms with Crippen LogP contribution in [0.4, 0.5) is 0 Å². The molecule has 19 heavy (non-hydrogen) atoms. The van der Waals surface area contributed by atoms with Gasteiger partial charge in [-0.3, -0.25) is 0 Å². The second kappa shape index (κ2) is 6.09. The van der Waals surface area contributed by atoms with E-state index < -0.39 is 0 Å². The maximum Gasteiger partial charge on any atom is 0.0221 e. The minimum Gasteiger partial charge on any atom is -0.325 e. The van der Waals surface area contributed by atoms with Crippen LogP contribution in [0.5, 0.6) is 0 Å². The van der Waals surface area contributed by atoms with E-state index >= 15 is 0 Å². The molecule has 4 unspecified atom stereocenters. The summed E-state index contributed by atoms with van der Waals surface area (Å²) in [6, 6.07) is 10.8. The average Bonchev–Trinajstić information content (AvgIpc) is 2.43. The molecule has 1 nitrogen and oxygen atoms in total. The zero-order valence-electron chi connectivity index (χ0n) is 12.7. The first-order valence-electron chi connectivity index (χ1n) is 7.88. The van der Waals surface area contributed by atoms with Crippen LogP contribution in [0.1, 0.15) is 52.0 Å². The van der Waals surface area contributed by atoms with Crippen LogP contribution in [0, 0.1) is 17.8 Å². The topological polar surface area (TPSA) is 26.0 Å². The second-order valence-electron chi connectivity index (χ2n) is 6.71. The molecular formula is C18H29N. The summed E-state index contributed by atoms with van der Waals surface area (Å²) in [5.74, 6) is 2.38. The fourth-order valence-electron chi connectivity index (χ4n) is 3.60. The van der Waals surface area contributed by atoms with Gasteiger partial charge in [0.15, 0.2) is 0 Å². The van der Waals surface area contributed by atoms with E-state index in [-0.39, 0.29) is 5.54 Å². The summed E-state index contributed by atoms with van der Waals surface area (Å²) >= 11 is 0. The summed E-state index contributed by atoms with van der Waals surface area (Å²) in [6.07, 6.45) is 6.06. The standard InChI is InChI=1S/C18H29N/c1-4-18(19,13-16-8-6-5-7-9-16)17-11-10-14(2)15(3)12-17/h5-9,14-15,17H,4,10-13,19H2,1-3H3. The lowest BCUT2D eigenvalue weighted by atomic mass is 9.66. The monoisotopic (exact) mass is 259 g/mol. The Balaban J connectivity index is 2.09. The zero-order valence-corrected chi connectivity index (χ0v) is 12.7. The summed E-state index contributed by atoms with van der Waals surface area (Å²) in [5, 5.41) is 0. The Hall–Kier alpha value is -0.820. The van der Waals surface area contributed by atoms with Crippen LogP contribution in [-0.4, -0.2) is 5.54 Å². The highest BCUT2D eigenvalue weighted by Crippen LogP contribution is 2.40. The molecule has 0 aromatic heterocycles. The maximum absolute atomic E-state index is 6.81. The Morgan fingerprint density at radius 3 is 2.37 bits per heavy atom. The Labute approximate surface area is 118 Å². The first-order valence-corrected chi connectivity index (χ1v) is 7.88. The Bertz CT molecular complexity index is 386. The summed E-state index contributed by atoms with van der Waals surface area (Å²) in [4.78, 5) is 0. The summed E-state index contributed by atoms with van der Waals surface area (Å²) in [7, 11) is 0. The van der Waals surface area contributed by atoms with Gasteiger partial charge < -0.3 is 5.73 Å². The smallest absolute Gasteiger partial charge is 0.0221 e. The molecule has 0 aliphatic heterocycles. The SMILES string of the molecule is CCC(N)(Cc1ccccc1)C1CCC(C)C(C)C1. The van der Waals surface area contributed by atoms with Crippen molar-refractivity contribution >= 4 is 0 Å². The predicted octanol–water partition coefficient (Wildman–Crippen LogP) is 4.41. The molecule has 0 amide bonds. The minimum absolute atomic E-state index is 0.0181. The third-order valence-corrected chi connectivity index (χ3v) is 5.45. The fourth-order valence-corrected chi connectivity index (χ4v) is 3.60. The normalized spacial score (nSPS) is 30.8. The predicted molar refractivity (Wildman–Crippen MR) is 83.0 cm³/mol. The van der Waals surface area contributed by atoms with Crippen LogP contribution in [0.15, 0.2) is 30.3 Å². The van der Waals surface area contributed by atoms with Gasteiger partial charge in [-0.2, -0.15) is 0 Å². The Morgan fingerprint density at radius 2 is 1.79 bits per heavy atom. The van der Waals surface area contributed by atoms with Gasteiger partial charge in [-0.25, -0.2) is 0 Å². The van der Waals surface area contributed by atoms with Crippen LogP contribution in [0.3, 0.4) is 0 Å². The molecule has 0 saturated heterocycles. The van der Waals surface area contributed by atoms with Gasteiger partial charge in [0.05, 0.1) is 0 Å². The van der Waals surface area contributed by atoms with E-state index in [1.807, 2.05) is 0 Å². The molecule has 4 atom stereocenters. The fraction of sp³-hybridized carbons (Fsp3) is 0.667. The molecule has 1 saturated carbocycles. The largest absolute Gasteiger partial charge is 0.325 e. The first-order chi connectivity index (χ1) is 9.05. The van der Waals surface area contributed by atoms with Gasteiger partial charge in [0.2, 0.25) is 0 Å². The second-order valence-corrected chi connectivity index (χ2v) is 6.71. The van der Waals surface area contributed by atoms with Crippen molar-refractivity contribution in [2.24, 2.45) is 23.5 Å². The van der Waals surface area contributed by atoms with Gasteiger partial charge in [0.1, 0.15) is 0 Å². The molecule has 0 bridgehead atoms. The van der Waals surface area contributed by atoms with Crippen molar-refractivity contribution in [1.82, 2.24) is 0 Å². The molecule has 1 aliphatic carbocycles. The van der Waals surface area contributed by atoms with Gasteiger partial charge in [-0.1, -0.05) is 57.5 Å². The summed E-state index contributed by atoms with van der Waals surface area (Å²) in [6.45, 7) is 7.04. The van der Waals surface area contributed by atoms with E-state index in [1.54, 1.807) is 0 Å². The summed E-state index contributed by atoms with van der Waals surface area (Å²) < 4.78 is 0. The molecule has 1 aromatic carbocycles. The van der Waals surface area contributed by atoms with E-state index in [2.05, 4.69) is 51.1 Å². The first kappa shape index (κ1) is 14.6. The van der Waals surface area contributed by atoms with E-state index in [4.69, 9.17) is 5.73 Å². The number of benzene rings is 1. The Kier molecular flexibility index (Phi) is 4.67. The van der Waals surface area contributed by atoms with Gasteiger partial charge in [-0.05, 0) is 49.0 Å². The molecule has 1 heteroatoms. The molecule has 1 aromatic rings. The van der Waals surface area contributed by atoms with Crippen LogP contribution in [0.25, 0.3) is 0 Å². The van der Waals surface area contributed by atoms with Crippen molar-refractivity contribution in [1.29, 1.82) is 0 Å². The zero-order chi connectivity index (χ0) is 13.9. The van der Waals surface area contributed by atoms with Gasteiger partial charge in [-0.15, -0.1) is 0 Å². The van der Waals surface area contributed by atoms with Gasteiger partial charge in [0, 0.05) is 5.54 Å². The van der Waals surface area contributed by atoms with Crippen molar-refractivity contribution in [3.8, 4) is 0 Å². The average molecular weight is 259 g/mol. The minimum atomic E-state index is -0.0181. The van der Waals surface area contributed by atoms with Crippen LogP contribution in [0.2, 0.25) is 0 Å². The van der Waals surface area contributed by atoms with E-state index in [0.717, 1.165) is 24.7 Å². The lowest BCUT2D eigenvalue weighted by Gasteiger charge is -2.43. The molecule has 2 rings (SSSR count). The third kappa shape index (κ3) is 3.39. The maximum atomic E-state index is 6.81. The number of hydrogen-bond acceptors (Lipinski definition) is 1. The van der Waals surface area contributed by atoms with Crippen molar-refractivity contribution in [3.05, 3.63) is 35.9 Å². The quantitative estimate of drug-likeness (QED) is 0.851. The summed E-state index contributed by atoms with van der Waals surface area (Å²) in [5.41, 5.74) is 8.18.